The van der Waals surface area contributed by atoms with Crippen LogP contribution in [0.25, 0.3) is 0 Å². The maximum absolute atomic E-state index is 12.2. The minimum absolute atomic E-state index is 0.0387. The number of hydrogen-bond acceptors (Lipinski definition) is 3. The van der Waals surface area contributed by atoms with Gasteiger partial charge in [-0.05, 0) is 19.8 Å². The minimum atomic E-state index is -0.239. The molecule has 0 aromatic carbocycles. The van der Waals surface area contributed by atoms with Gasteiger partial charge in [-0.15, -0.1) is 11.6 Å². The second kappa shape index (κ2) is 5.34. The number of carbonyl (C=O) groups is 1. The Hall–Kier alpha value is -0.320. The van der Waals surface area contributed by atoms with Crippen molar-refractivity contribution in [2.24, 2.45) is 0 Å². The Kier molecular flexibility index (Phi) is 4.05. The van der Waals surface area contributed by atoms with Crippen LogP contribution in [-0.2, 0) is 14.3 Å². The molecule has 0 spiro atoms. The molecule has 16 heavy (non-hydrogen) atoms. The van der Waals surface area contributed by atoms with Crippen molar-refractivity contribution in [2.75, 3.05) is 25.6 Å². The van der Waals surface area contributed by atoms with Gasteiger partial charge in [-0.3, -0.25) is 4.79 Å². The average molecular weight is 248 g/mol. The second-order valence-electron chi connectivity index (χ2n) is 4.45. The van der Waals surface area contributed by atoms with E-state index in [1.807, 2.05) is 11.8 Å². The van der Waals surface area contributed by atoms with Crippen molar-refractivity contribution in [1.29, 1.82) is 0 Å². The maximum Gasteiger partial charge on any atom is 0.252 e. The fraction of sp³-hybridized carbons (Fsp3) is 0.909. The number of nitrogens with zero attached hydrogens (tertiary/aromatic N) is 1. The van der Waals surface area contributed by atoms with E-state index in [1.165, 1.54) is 0 Å². The van der Waals surface area contributed by atoms with Gasteiger partial charge in [-0.2, -0.15) is 0 Å². The molecule has 0 aromatic heterocycles. The highest BCUT2D eigenvalue weighted by Crippen LogP contribution is 2.19. The lowest BCUT2D eigenvalue weighted by Gasteiger charge is -2.38. The molecule has 0 aliphatic carbocycles. The maximum atomic E-state index is 12.2. The molecule has 0 aromatic rings. The first-order valence-corrected chi connectivity index (χ1v) is 6.35. The Morgan fingerprint density at radius 2 is 2.31 bits per heavy atom. The van der Waals surface area contributed by atoms with E-state index < -0.39 is 0 Å². The van der Waals surface area contributed by atoms with Gasteiger partial charge in [-0.1, -0.05) is 0 Å². The van der Waals surface area contributed by atoms with Gasteiger partial charge in [0.25, 0.3) is 5.91 Å². The van der Waals surface area contributed by atoms with Crippen LogP contribution in [0.4, 0.5) is 0 Å². The Morgan fingerprint density at radius 3 is 2.94 bits per heavy atom. The van der Waals surface area contributed by atoms with Crippen LogP contribution in [0.3, 0.4) is 0 Å². The standard InChI is InChI=1S/C11H18ClNO3/c1-8-7-16-9(5-12)6-13(8)11(14)10-3-2-4-15-10/h8-10H,2-7H2,1H3. The summed E-state index contributed by atoms with van der Waals surface area (Å²) in [7, 11) is 0. The molecule has 1 amide bonds. The van der Waals surface area contributed by atoms with Crippen LogP contribution in [-0.4, -0.2) is 54.7 Å². The summed E-state index contributed by atoms with van der Waals surface area (Å²) >= 11 is 5.76. The molecule has 2 aliphatic rings. The lowest BCUT2D eigenvalue weighted by Crippen LogP contribution is -2.54. The summed E-state index contributed by atoms with van der Waals surface area (Å²) in [5.41, 5.74) is 0. The zero-order valence-corrected chi connectivity index (χ0v) is 10.3. The Balaban J connectivity index is 1.97. The normalized spacial score (nSPS) is 35.4. The van der Waals surface area contributed by atoms with Crippen LogP contribution < -0.4 is 0 Å². The van der Waals surface area contributed by atoms with Crippen molar-refractivity contribution in [2.45, 2.75) is 38.0 Å². The van der Waals surface area contributed by atoms with Crippen molar-refractivity contribution in [1.82, 2.24) is 4.90 Å². The summed E-state index contributed by atoms with van der Waals surface area (Å²) in [6.45, 7) is 3.85. The molecule has 0 bridgehead atoms. The third-order valence-corrected chi connectivity index (χ3v) is 3.51. The molecule has 4 nitrogen and oxygen atoms in total. The third kappa shape index (κ3) is 2.50. The van der Waals surface area contributed by atoms with Crippen LogP contribution in [0.15, 0.2) is 0 Å². The molecule has 5 heteroatoms. The van der Waals surface area contributed by atoms with Gasteiger partial charge in [0.05, 0.1) is 24.6 Å². The lowest BCUT2D eigenvalue weighted by atomic mass is 10.1. The molecule has 3 unspecified atom stereocenters. The van der Waals surface area contributed by atoms with Gasteiger partial charge in [0.2, 0.25) is 0 Å². The molecule has 0 saturated carbocycles. The summed E-state index contributed by atoms with van der Waals surface area (Å²) in [6, 6.07) is 0.121. The van der Waals surface area contributed by atoms with Crippen LogP contribution in [0.1, 0.15) is 19.8 Å². The fourth-order valence-corrected chi connectivity index (χ4v) is 2.36. The highest BCUT2D eigenvalue weighted by atomic mass is 35.5. The van der Waals surface area contributed by atoms with Crippen molar-refractivity contribution in [3.8, 4) is 0 Å². The number of hydrogen-bond donors (Lipinski definition) is 0. The summed E-state index contributed by atoms with van der Waals surface area (Å²) in [5.74, 6) is 0.533. The van der Waals surface area contributed by atoms with E-state index in [9.17, 15) is 4.79 Å². The van der Waals surface area contributed by atoms with Crippen LogP contribution in [0.5, 0.6) is 0 Å². The minimum Gasteiger partial charge on any atom is -0.373 e. The number of halogens is 1. The smallest absolute Gasteiger partial charge is 0.252 e. The molecule has 0 N–H and O–H groups in total. The molecule has 0 radical (unpaired) electrons. The molecule has 2 heterocycles. The zero-order chi connectivity index (χ0) is 11.5. The predicted octanol–water partition coefficient (Wildman–Crippen LogP) is 1.02. The number of carbonyl (C=O) groups excluding carboxylic acids is 1. The van der Waals surface area contributed by atoms with Gasteiger partial charge < -0.3 is 14.4 Å². The molecule has 2 rings (SSSR count). The fourth-order valence-electron chi connectivity index (χ4n) is 2.18. The van der Waals surface area contributed by atoms with Crippen LogP contribution >= 0.6 is 11.6 Å². The van der Waals surface area contributed by atoms with Gasteiger partial charge in [0, 0.05) is 13.2 Å². The number of alkyl halides is 1. The summed E-state index contributed by atoms with van der Waals surface area (Å²) in [6.07, 6.45) is 1.54. The quantitative estimate of drug-likeness (QED) is 0.684. The zero-order valence-electron chi connectivity index (χ0n) is 9.52. The van der Waals surface area contributed by atoms with E-state index in [0.29, 0.717) is 25.6 Å². The molecular formula is C11H18ClNO3. The van der Waals surface area contributed by atoms with Crippen molar-refractivity contribution in [3.63, 3.8) is 0 Å². The van der Waals surface area contributed by atoms with Gasteiger partial charge >= 0.3 is 0 Å². The van der Waals surface area contributed by atoms with E-state index >= 15 is 0 Å². The van der Waals surface area contributed by atoms with E-state index in [4.69, 9.17) is 21.1 Å². The largest absolute Gasteiger partial charge is 0.373 e. The third-order valence-electron chi connectivity index (χ3n) is 3.17. The second-order valence-corrected chi connectivity index (χ2v) is 4.76. The molecule has 3 atom stereocenters. The van der Waals surface area contributed by atoms with Gasteiger partial charge in [0.1, 0.15) is 6.10 Å². The van der Waals surface area contributed by atoms with E-state index in [0.717, 1.165) is 12.8 Å². The first-order valence-electron chi connectivity index (χ1n) is 5.82. The van der Waals surface area contributed by atoms with Gasteiger partial charge in [-0.25, -0.2) is 0 Å². The van der Waals surface area contributed by atoms with Gasteiger partial charge in [0.15, 0.2) is 0 Å². The number of morpholine rings is 1. The molecular weight excluding hydrogens is 230 g/mol. The summed E-state index contributed by atoms with van der Waals surface area (Å²) in [5, 5.41) is 0. The topological polar surface area (TPSA) is 38.8 Å². The Bertz CT molecular complexity index is 256. The number of ether oxygens (including phenoxy) is 2. The van der Waals surface area contributed by atoms with Crippen molar-refractivity contribution >= 4 is 17.5 Å². The summed E-state index contributed by atoms with van der Waals surface area (Å²) in [4.78, 5) is 14.0. The van der Waals surface area contributed by atoms with Crippen LogP contribution in [0, 0.1) is 0 Å². The molecule has 2 fully saturated rings. The van der Waals surface area contributed by atoms with Crippen molar-refractivity contribution < 1.29 is 14.3 Å². The Labute approximate surface area is 101 Å². The Morgan fingerprint density at radius 1 is 1.50 bits per heavy atom. The van der Waals surface area contributed by atoms with Crippen LogP contribution in [0.2, 0.25) is 0 Å². The average Bonchev–Trinajstić information content (AvgIpc) is 2.82. The predicted molar refractivity (Wildman–Crippen MR) is 60.6 cm³/mol. The first kappa shape index (κ1) is 12.1. The first-order chi connectivity index (χ1) is 7.72. The number of amides is 1. The lowest BCUT2D eigenvalue weighted by molar-refractivity contribution is -0.152. The number of rotatable bonds is 2. The highest BCUT2D eigenvalue weighted by Gasteiger charge is 2.34. The molecule has 92 valence electrons. The highest BCUT2D eigenvalue weighted by molar-refractivity contribution is 6.18. The van der Waals surface area contributed by atoms with E-state index in [-0.39, 0.29) is 24.2 Å². The monoisotopic (exact) mass is 247 g/mol. The molecule has 2 aliphatic heterocycles. The van der Waals surface area contributed by atoms with E-state index in [2.05, 4.69) is 0 Å². The SMILES string of the molecule is CC1COC(CCl)CN1C(=O)C1CCCO1. The van der Waals surface area contributed by atoms with E-state index in [1.54, 1.807) is 0 Å². The molecule has 2 saturated heterocycles. The summed E-state index contributed by atoms with van der Waals surface area (Å²) < 4.78 is 10.9. The van der Waals surface area contributed by atoms with Crippen molar-refractivity contribution in [3.05, 3.63) is 0 Å².